The number of aryl methyl sites for hydroxylation is 1. The predicted molar refractivity (Wildman–Crippen MR) is 268 cm³/mol. The lowest BCUT2D eigenvalue weighted by Gasteiger charge is -2.29. The molecule has 0 fully saturated rings. The number of hydrogen-bond donors (Lipinski definition) is 0. The first kappa shape index (κ1) is 39.0. The van der Waals surface area contributed by atoms with Crippen LogP contribution in [0.1, 0.15) is 5.56 Å². The molecule has 0 heterocycles. The van der Waals surface area contributed by atoms with Crippen molar-refractivity contribution >= 4 is 34.1 Å². The minimum absolute atomic E-state index is 1.08. The molecule has 0 aliphatic rings. The van der Waals surface area contributed by atoms with Crippen LogP contribution in [0.15, 0.2) is 261 Å². The summed E-state index contributed by atoms with van der Waals surface area (Å²) in [4.78, 5) is 4.72. The topological polar surface area (TPSA) is 6.48 Å². The van der Waals surface area contributed by atoms with E-state index in [1.54, 1.807) is 0 Å². The number of anilines is 6. The van der Waals surface area contributed by atoms with Gasteiger partial charge in [-0.25, -0.2) is 0 Å². The fourth-order valence-electron chi connectivity index (χ4n) is 8.43. The molecule has 0 radical (unpaired) electrons. The van der Waals surface area contributed by atoms with Crippen molar-refractivity contribution in [2.24, 2.45) is 0 Å². The molecule has 10 rings (SSSR count). The van der Waals surface area contributed by atoms with E-state index in [4.69, 9.17) is 0 Å². The molecule has 0 N–H and O–H groups in total. The lowest BCUT2D eigenvalue weighted by Crippen LogP contribution is -2.11. The van der Waals surface area contributed by atoms with Gasteiger partial charge in [0.1, 0.15) is 0 Å². The monoisotopic (exact) mass is 806 g/mol. The van der Waals surface area contributed by atoms with Crippen LogP contribution < -0.4 is 9.80 Å². The average molecular weight is 807 g/mol. The molecule has 10 aromatic rings. The molecule has 0 aliphatic carbocycles. The maximum atomic E-state index is 2.39. The van der Waals surface area contributed by atoms with Crippen LogP contribution in [0.25, 0.3) is 55.6 Å². The molecule has 63 heavy (non-hydrogen) atoms. The molecule has 300 valence electrons. The third-order valence-electron chi connectivity index (χ3n) is 11.8. The molecule has 0 aromatic heterocycles. The third-order valence-corrected chi connectivity index (χ3v) is 11.8. The lowest BCUT2D eigenvalue weighted by molar-refractivity contribution is 1.27. The van der Waals surface area contributed by atoms with Crippen molar-refractivity contribution in [3.05, 3.63) is 266 Å². The number of nitrogens with zero attached hydrogens (tertiary/aromatic N) is 2. The molecule has 0 saturated carbocycles. The van der Waals surface area contributed by atoms with Crippen molar-refractivity contribution in [1.29, 1.82) is 0 Å². The van der Waals surface area contributed by atoms with Crippen LogP contribution in [0.5, 0.6) is 0 Å². The van der Waals surface area contributed by atoms with Crippen molar-refractivity contribution in [2.75, 3.05) is 9.80 Å². The van der Waals surface area contributed by atoms with Gasteiger partial charge in [-0.1, -0.05) is 194 Å². The van der Waals surface area contributed by atoms with Crippen LogP contribution >= 0.6 is 0 Å². The van der Waals surface area contributed by atoms with Gasteiger partial charge >= 0.3 is 0 Å². The minimum Gasteiger partial charge on any atom is -0.311 e. The first-order valence-corrected chi connectivity index (χ1v) is 21.6. The number of benzene rings is 10. The Morgan fingerprint density at radius 3 is 0.857 bits per heavy atom. The summed E-state index contributed by atoms with van der Waals surface area (Å²) in [5, 5.41) is 0. The van der Waals surface area contributed by atoms with E-state index < -0.39 is 0 Å². The molecule has 0 amide bonds. The van der Waals surface area contributed by atoms with Crippen molar-refractivity contribution in [2.45, 2.75) is 6.92 Å². The summed E-state index contributed by atoms with van der Waals surface area (Å²) < 4.78 is 0. The quantitative estimate of drug-likeness (QED) is 0.128. The molecule has 0 saturated heterocycles. The maximum absolute atomic E-state index is 2.39. The zero-order chi connectivity index (χ0) is 42.4. The van der Waals surface area contributed by atoms with Crippen LogP contribution in [-0.4, -0.2) is 0 Å². The van der Waals surface area contributed by atoms with Crippen molar-refractivity contribution < 1.29 is 0 Å². The summed E-state index contributed by atoms with van der Waals surface area (Å²) in [7, 11) is 0. The van der Waals surface area contributed by atoms with Crippen molar-refractivity contribution in [1.82, 2.24) is 0 Å². The summed E-state index contributed by atoms with van der Waals surface area (Å²) in [6.07, 6.45) is 0. The summed E-state index contributed by atoms with van der Waals surface area (Å²) in [5.41, 5.74) is 19.7. The second-order valence-electron chi connectivity index (χ2n) is 15.9. The van der Waals surface area contributed by atoms with Gasteiger partial charge < -0.3 is 9.80 Å². The zero-order valence-corrected chi connectivity index (χ0v) is 35.2. The summed E-state index contributed by atoms with van der Waals surface area (Å²) in [6, 6.07) is 93.8. The molecule has 0 unspecified atom stereocenters. The lowest BCUT2D eigenvalue weighted by atomic mass is 9.96. The highest BCUT2D eigenvalue weighted by atomic mass is 15.1. The Bertz CT molecular complexity index is 3040. The van der Waals surface area contributed by atoms with E-state index >= 15 is 0 Å². The van der Waals surface area contributed by atoms with Gasteiger partial charge in [-0.15, -0.1) is 0 Å². The Balaban J connectivity index is 1.01. The molecule has 10 aromatic carbocycles. The highest BCUT2D eigenvalue weighted by molar-refractivity contribution is 5.91. The predicted octanol–water partition coefficient (Wildman–Crippen LogP) is 17.3. The maximum Gasteiger partial charge on any atom is 0.0540 e. The van der Waals surface area contributed by atoms with E-state index in [1.165, 1.54) is 44.5 Å². The van der Waals surface area contributed by atoms with Gasteiger partial charge in [-0.2, -0.15) is 0 Å². The van der Waals surface area contributed by atoms with E-state index in [1.807, 2.05) is 0 Å². The fraction of sp³-hybridized carbons (Fsp3) is 0.0164. The van der Waals surface area contributed by atoms with Crippen LogP contribution in [0.4, 0.5) is 34.1 Å². The standard InChI is InChI=1S/C61H46N2/c1-45-22-33-55(34-23-45)62(56-35-24-49(25-36-56)46-14-6-2-7-15-46)57-37-26-51(27-38-57)52-30-41-59(42-31-52)63(58-39-28-50(29-40-58)47-16-8-3-9-17-47)61-43-32-54(48-18-10-4-11-19-48)44-60(61)53-20-12-5-13-21-53/h2-44H,1H3. The summed E-state index contributed by atoms with van der Waals surface area (Å²) in [5.74, 6) is 0. The van der Waals surface area contributed by atoms with Crippen LogP contribution in [0.2, 0.25) is 0 Å². The molecular weight excluding hydrogens is 761 g/mol. The van der Waals surface area contributed by atoms with Gasteiger partial charge in [0.05, 0.1) is 5.69 Å². The Kier molecular flexibility index (Phi) is 11.0. The molecule has 0 aliphatic heterocycles. The van der Waals surface area contributed by atoms with Gasteiger partial charge in [0.15, 0.2) is 0 Å². The molecule has 2 heteroatoms. The molecule has 2 nitrogen and oxygen atoms in total. The van der Waals surface area contributed by atoms with Crippen molar-refractivity contribution in [3.63, 3.8) is 0 Å². The Morgan fingerprint density at radius 2 is 0.492 bits per heavy atom. The first-order valence-electron chi connectivity index (χ1n) is 21.6. The second kappa shape index (κ2) is 17.8. The van der Waals surface area contributed by atoms with E-state index in [0.29, 0.717) is 0 Å². The van der Waals surface area contributed by atoms with E-state index in [9.17, 15) is 0 Å². The molecule has 0 atom stereocenters. The first-order chi connectivity index (χ1) is 31.1. The second-order valence-corrected chi connectivity index (χ2v) is 15.9. The zero-order valence-electron chi connectivity index (χ0n) is 35.2. The number of rotatable bonds is 11. The smallest absolute Gasteiger partial charge is 0.0540 e. The highest BCUT2D eigenvalue weighted by Gasteiger charge is 2.19. The van der Waals surface area contributed by atoms with Gasteiger partial charge in [0.2, 0.25) is 0 Å². The Labute approximate surface area is 371 Å². The molecule has 0 bridgehead atoms. The van der Waals surface area contributed by atoms with Crippen LogP contribution in [0, 0.1) is 6.92 Å². The van der Waals surface area contributed by atoms with Crippen molar-refractivity contribution in [3.8, 4) is 55.6 Å². The average Bonchev–Trinajstić information content (AvgIpc) is 3.37. The molecule has 0 spiro atoms. The SMILES string of the molecule is Cc1ccc(N(c2ccc(-c3ccccc3)cc2)c2ccc(-c3ccc(N(c4ccc(-c5ccccc5)cc4)c4ccc(-c5ccccc5)cc4-c4ccccc4)cc3)cc2)cc1. The van der Waals surface area contributed by atoms with E-state index in [2.05, 4.69) is 278 Å². The third kappa shape index (κ3) is 8.44. The van der Waals surface area contributed by atoms with Crippen LogP contribution in [0.3, 0.4) is 0 Å². The largest absolute Gasteiger partial charge is 0.311 e. The summed E-state index contributed by atoms with van der Waals surface area (Å²) >= 11 is 0. The van der Waals surface area contributed by atoms with Gasteiger partial charge in [-0.05, 0) is 130 Å². The van der Waals surface area contributed by atoms with Gasteiger partial charge in [0.25, 0.3) is 0 Å². The van der Waals surface area contributed by atoms with Gasteiger partial charge in [-0.3, -0.25) is 0 Å². The minimum atomic E-state index is 1.08. The number of hydrogen-bond acceptors (Lipinski definition) is 2. The normalized spacial score (nSPS) is 10.9. The Morgan fingerprint density at radius 1 is 0.222 bits per heavy atom. The summed E-state index contributed by atoms with van der Waals surface area (Å²) in [6.45, 7) is 2.13. The van der Waals surface area contributed by atoms with Crippen LogP contribution in [-0.2, 0) is 0 Å². The fourth-order valence-corrected chi connectivity index (χ4v) is 8.43. The van der Waals surface area contributed by atoms with Gasteiger partial charge in [0, 0.05) is 34.0 Å². The van der Waals surface area contributed by atoms with E-state index in [0.717, 1.165) is 50.8 Å². The highest BCUT2D eigenvalue weighted by Crippen LogP contribution is 2.44. The molecular formula is C61H46N2. The van der Waals surface area contributed by atoms with E-state index in [-0.39, 0.29) is 0 Å². The Hall–Kier alpha value is -8.20.